The lowest BCUT2D eigenvalue weighted by Crippen LogP contribution is -2.41. The first-order valence-corrected chi connectivity index (χ1v) is 9.18. The lowest BCUT2D eigenvalue weighted by atomic mass is 9.78. The lowest BCUT2D eigenvalue weighted by Gasteiger charge is -2.32. The van der Waals surface area contributed by atoms with E-state index in [9.17, 15) is 18.0 Å². The minimum atomic E-state index is -4.53. The monoisotopic (exact) mass is 426 g/mol. The molecule has 1 fully saturated rings. The van der Waals surface area contributed by atoms with Crippen molar-refractivity contribution >= 4 is 35.9 Å². The molecule has 0 bridgehead atoms. The molecule has 0 unspecified atom stereocenters. The van der Waals surface area contributed by atoms with Crippen LogP contribution in [0.15, 0.2) is 36.5 Å². The number of hydrogen-bond donors (Lipinski definition) is 1. The van der Waals surface area contributed by atoms with Crippen LogP contribution in [0.3, 0.4) is 0 Å². The van der Waals surface area contributed by atoms with Crippen molar-refractivity contribution in [3.8, 4) is 0 Å². The number of hydrogen-bond acceptors (Lipinski definition) is 4. The highest BCUT2D eigenvalue weighted by Crippen LogP contribution is 2.37. The van der Waals surface area contributed by atoms with Gasteiger partial charge in [0.05, 0.1) is 16.8 Å². The third-order valence-corrected chi connectivity index (χ3v) is 5.43. The number of aromatic nitrogens is 1. The topological polar surface area (TPSA) is 60.5 Å². The molecular formula is C19H19BClF3N2O3. The van der Waals surface area contributed by atoms with Gasteiger partial charge in [-0.15, -0.1) is 0 Å². The van der Waals surface area contributed by atoms with Gasteiger partial charge >= 0.3 is 13.3 Å². The first-order valence-electron chi connectivity index (χ1n) is 8.80. The Morgan fingerprint density at radius 3 is 2.28 bits per heavy atom. The van der Waals surface area contributed by atoms with Crippen LogP contribution in [0.4, 0.5) is 19.0 Å². The van der Waals surface area contributed by atoms with Crippen LogP contribution >= 0.6 is 11.6 Å². The van der Waals surface area contributed by atoms with Crippen molar-refractivity contribution in [3.05, 3.63) is 52.7 Å². The van der Waals surface area contributed by atoms with Crippen LogP contribution in [-0.4, -0.2) is 29.2 Å². The second-order valence-electron chi connectivity index (χ2n) is 7.71. The molecule has 1 aromatic carbocycles. The summed E-state index contributed by atoms with van der Waals surface area (Å²) in [6.07, 6.45) is -3.55. The second kappa shape index (κ2) is 7.30. The van der Waals surface area contributed by atoms with Crippen LogP contribution in [0.2, 0.25) is 5.02 Å². The van der Waals surface area contributed by atoms with Crippen LogP contribution in [0.25, 0.3) is 0 Å². The molecule has 3 rings (SSSR count). The summed E-state index contributed by atoms with van der Waals surface area (Å²) < 4.78 is 50.3. The molecule has 154 valence electrons. The normalized spacial score (nSPS) is 18.0. The Morgan fingerprint density at radius 2 is 1.72 bits per heavy atom. The van der Waals surface area contributed by atoms with Gasteiger partial charge in [0, 0.05) is 22.2 Å². The quantitative estimate of drug-likeness (QED) is 0.743. The van der Waals surface area contributed by atoms with E-state index in [2.05, 4.69) is 10.3 Å². The average molecular weight is 427 g/mol. The first-order chi connectivity index (χ1) is 13.3. The molecule has 1 aliphatic heterocycles. The maximum absolute atomic E-state index is 12.8. The molecule has 2 heterocycles. The first kappa shape index (κ1) is 21.6. The van der Waals surface area contributed by atoms with Gasteiger partial charge in [-0.25, -0.2) is 4.98 Å². The van der Waals surface area contributed by atoms with Gasteiger partial charge in [-0.2, -0.15) is 13.2 Å². The van der Waals surface area contributed by atoms with Gasteiger partial charge in [-0.05, 0) is 52.0 Å². The van der Waals surface area contributed by atoms with Gasteiger partial charge in [0.2, 0.25) is 0 Å². The van der Waals surface area contributed by atoms with Gasteiger partial charge in [0.15, 0.2) is 0 Å². The molecule has 5 nitrogen and oxygen atoms in total. The molecule has 2 aromatic rings. The third-order valence-electron chi connectivity index (χ3n) is 5.10. The summed E-state index contributed by atoms with van der Waals surface area (Å²) in [6, 6.07) is 6.09. The molecule has 0 radical (unpaired) electrons. The third kappa shape index (κ3) is 4.41. The fourth-order valence-electron chi connectivity index (χ4n) is 2.69. The minimum Gasteiger partial charge on any atom is -0.399 e. The van der Waals surface area contributed by atoms with E-state index >= 15 is 0 Å². The average Bonchev–Trinajstić information content (AvgIpc) is 2.81. The van der Waals surface area contributed by atoms with E-state index in [1.165, 1.54) is 12.1 Å². The molecule has 1 amide bonds. The van der Waals surface area contributed by atoms with E-state index in [1.54, 1.807) is 6.07 Å². The summed E-state index contributed by atoms with van der Waals surface area (Å²) in [7, 11) is -0.699. The van der Waals surface area contributed by atoms with E-state index < -0.39 is 36.0 Å². The zero-order valence-electron chi connectivity index (χ0n) is 16.2. The van der Waals surface area contributed by atoms with E-state index in [4.69, 9.17) is 20.9 Å². The molecular weight excluding hydrogens is 407 g/mol. The Morgan fingerprint density at radius 1 is 1.10 bits per heavy atom. The number of rotatable bonds is 3. The zero-order valence-corrected chi connectivity index (χ0v) is 17.0. The van der Waals surface area contributed by atoms with Gasteiger partial charge in [-0.1, -0.05) is 17.7 Å². The molecule has 0 saturated carbocycles. The molecule has 10 heteroatoms. The Kier molecular flexibility index (Phi) is 5.44. The Labute approximate surface area is 171 Å². The van der Waals surface area contributed by atoms with Crippen molar-refractivity contribution in [1.82, 2.24) is 4.98 Å². The molecule has 29 heavy (non-hydrogen) atoms. The van der Waals surface area contributed by atoms with Gasteiger partial charge in [0.1, 0.15) is 5.82 Å². The van der Waals surface area contributed by atoms with Crippen LogP contribution in [0.1, 0.15) is 43.6 Å². The second-order valence-corrected chi connectivity index (χ2v) is 8.11. The van der Waals surface area contributed by atoms with Crippen LogP contribution in [0, 0.1) is 0 Å². The largest absolute Gasteiger partial charge is 0.496 e. The molecule has 1 saturated heterocycles. The van der Waals surface area contributed by atoms with Crippen molar-refractivity contribution in [1.29, 1.82) is 0 Å². The number of halogens is 4. The Hall–Kier alpha value is -2.10. The summed E-state index contributed by atoms with van der Waals surface area (Å²) in [5.41, 5.74) is -1.29. The number of nitrogens with one attached hydrogen (secondary N) is 1. The number of benzene rings is 1. The van der Waals surface area contributed by atoms with Crippen molar-refractivity contribution in [2.45, 2.75) is 45.1 Å². The van der Waals surface area contributed by atoms with E-state index in [0.717, 1.165) is 18.3 Å². The molecule has 0 spiro atoms. The SMILES string of the molecule is CC1(C)OB(c2ccc(C(=O)Nc3cc(C(F)(F)F)ccn3)cc2Cl)OC1(C)C. The molecule has 0 aliphatic carbocycles. The minimum absolute atomic E-state index is 0.162. The van der Waals surface area contributed by atoms with Crippen LogP contribution < -0.4 is 10.8 Å². The van der Waals surface area contributed by atoms with Crippen LogP contribution in [-0.2, 0) is 15.5 Å². The standard InChI is InChI=1S/C19H19BClF3N2O3/c1-17(2)18(3,4)29-20(28-17)13-6-5-11(9-14(13)21)16(27)26-15-10-12(7-8-25-15)19(22,23)24/h5-10H,1-4H3,(H,25,26,27). The summed E-state index contributed by atoms with van der Waals surface area (Å²) in [5.74, 6) is -0.852. The lowest BCUT2D eigenvalue weighted by molar-refractivity contribution is -0.137. The van der Waals surface area contributed by atoms with Crippen LogP contribution in [0.5, 0.6) is 0 Å². The molecule has 0 atom stereocenters. The van der Waals surface area contributed by atoms with Crippen molar-refractivity contribution in [2.75, 3.05) is 5.32 Å². The Bertz CT molecular complexity index is 935. The number of nitrogens with zero attached hydrogens (tertiary/aromatic N) is 1. The summed E-state index contributed by atoms with van der Waals surface area (Å²) in [6.45, 7) is 7.63. The van der Waals surface area contributed by atoms with E-state index in [1.807, 2.05) is 27.7 Å². The fourth-order valence-corrected chi connectivity index (χ4v) is 2.96. The van der Waals surface area contributed by atoms with Gasteiger partial charge in [0.25, 0.3) is 5.91 Å². The number of alkyl halides is 3. The summed E-state index contributed by atoms with van der Waals surface area (Å²) >= 11 is 6.32. The molecule has 1 N–H and O–H groups in total. The number of pyridine rings is 1. The highest BCUT2D eigenvalue weighted by molar-refractivity contribution is 6.65. The number of amides is 1. The smallest absolute Gasteiger partial charge is 0.399 e. The summed E-state index contributed by atoms with van der Waals surface area (Å²) in [5, 5.41) is 2.59. The van der Waals surface area contributed by atoms with Gasteiger partial charge in [-0.3, -0.25) is 4.79 Å². The highest BCUT2D eigenvalue weighted by atomic mass is 35.5. The van der Waals surface area contributed by atoms with Crippen molar-refractivity contribution in [2.24, 2.45) is 0 Å². The van der Waals surface area contributed by atoms with E-state index in [0.29, 0.717) is 5.46 Å². The number of anilines is 1. The maximum Gasteiger partial charge on any atom is 0.496 e. The van der Waals surface area contributed by atoms with Crippen molar-refractivity contribution in [3.63, 3.8) is 0 Å². The number of carbonyl (C=O) groups excluding carboxylic acids is 1. The zero-order chi connectivity index (χ0) is 21.6. The van der Waals surface area contributed by atoms with Gasteiger partial charge < -0.3 is 14.6 Å². The highest BCUT2D eigenvalue weighted by Gasteiger charge is 2.52. The number of carbonyl (C=O) groups is 1. The molecule has 1 aliphatic rings. The fraction of sp³-hybridized carbons (Fsp3) is 0.368. The molecule has 1 aromatic heterocycles. The predicted octanol–water partition coefficient (Wildman–Crippen LogP) is 4.31. The predicted molar refractivity (Wildman–Crippen MR) is 104 cm³/mol. The van der Waals surface area contributed by atoms with E-state index in [-0.39, 0.29) is 16.4 Å². The van der Waals surface area contributed by atoms with Crippen molar-refractivity contribution < 1.29 is 27.3 Å². The maximum atomic E-state index is 12.8. The summed E-state index contributed by atoms with van der Waals surface area (Å²) in [4.78, 5) is 16.2. The Balaban J connectivity index is 1.78.